The quantitative estimate of drug-likeness (QED) is 0.652. The Hall–Kier alpha value is -0.0400. The van der Waals surface area contributed by atoms with Crippen molar-refractivity contribution in [3.05, 3.63) is 0 Å². The molecule has 0 radical (unpaired) electrons. The fourth-order valence-corrected chi connectivity index (χ4v) is 3.98. The van der Waals surface area contributed by atoms with Crippen LogP contribution in [0.25, 0.3) is 0 Å². The monoisotopic (exact) mass is 225 g/mol. The molecule has 1 saturated carbocycles. The zero-order valence-corrected chi connectivity index (χ0v) is 11.8. The van der Waals surface area contributed by atoms with Crippen LogP contribution in [0.3, 0.4) is 0 Å². The third-order valence-electron chi connectivity index (χ3n) is 4.98. The van der Waals surface area contributed by atoms with Crippen molar-refractivity contribution in [1.29, 1.82) is 0 Å². The van der Waals surface area contributed by atoms with Gasteiger partial charge in [-0.2, -0.15) is 0 Å². The van der Waals surface area contributed by atoms with Gasteiger partial charge in [-0.25, -0.2) is 0 Å². The van der Waals surface area contributed by atoms with Gasteiger partial charge in [0.05, 0.1) is 0 Å². The minimum Gasteiger partial charge on any atom is -0.319 e. The van der Waals surface area contributed by atoms with Crippen LogP contribution < -0.4 is 5.32 Å². The highest BCUT2D eigenvalue weighted by atomic mass is 14.8. The summed E-state index contributed by atoms with van der Waals surface area (Å²) in [6.07, 6.45) is 9.99. The first-order chi connectivity index (χ1) is 7.75. The normalized spacial score (nSPS) is 22.5. The van der Waals surface area contributed by atoms with Crippen LogP contribution in [0.15, 0.2) is 0 Å². The summed E-state index contributed by atoms with van der Waals surface area (Å²) in [6, 6.07) is 0. The second-order valence-electron chi connectivity index (χ2n) is 5.64. The van der Waals surface area contributed by atoms with Crippen molar-refractivity contribution >= 4 is 0 Å². The second-order valence-corrected chi connectivity index (χ2v) is 5.64. The van der Waals surface area contributed by atoms with Crippen LogP contribution in [-0.2, 0) is 0 Å². The van der Waals surface area contributed by atoms with Crippen LogP contribution in [0.2, 0.25) is 0 Å². The average molecular weight is 225 g/mol. The molecule has 1 aliphatic carbocycles. The summed E-state index contributed by atoms with van der Waals surface area (Å²) >= 11 is 0. The molecule has 2 unspecified atom stereocenters. The summed E-state index contributed by atoms with van der Waals surface area (Å²) in [4.78, 5) is 0. The van der Waals surface area contributed by atoms with Gasteiger partial charge >= 0.3 is 0 Å². The third-order valence-corrected chi connectivity index (χ3v) is 4.98. The molecule has 2 atom stereocenters. The van der Waals surface area contributed by atoms with E-state index in [9.17, 15) is 0 Å². The molecular formula is C15H31N. The van der Waals surface area contributed by atoms with Crippen molar-refractivity contribution in [3.63, 3.8) is 0 Å². The molecule has 0 saturated heterocycles. The van der Waals surface area contributed by atoms with Gasteiger partial charge in [0.25, 0.3) is 0 Å². The molecule has 0 aromatic heterocycles. The van der Waals surface area contributed by atoms with E-state index >= 15 is 0 Å². The summed E-state index contributed by atoms with van der Waals surface area (Å²) < 4.78 is 0. The Morgan fingerprint density at radius 1 is 1.06 bits per heavy atom. The first kappa shape index (κ1) is 14.0. The van der Waals surface area contributed by atoms with Gasteiger partial charge in [-0.15, -0.1) is 0 Å². The number of hydrogen-bond donors (Lipinski definition) is 1. The zero-order chi connectivity index (χ0) is 12.0. The zero-order valence-electron chi connectivity index (χ0n) is 11.8. The Morgan fingerprint density at radius 3 is 2.00 bits per heavy atom. The first-order valence-corrected chi connectivity index (χ1v) is 7.39. The maximum absolute atomic E-state index is 3.41. The predicted octanol–water partition coefficient (Wildman–Crippen LogP) is 4.23. The van der Waals surface area contributed by atoms with Crippen molar-refractivity contribution < 1.29 is 0 Å². The van der Waals surface area contributed by atoms with E-state index in [4.69, 9.17) is 0 Å². The molecule has 96 valence electrons. The van der Waals surface area contributed by atoms with Crippen LogP contribution in [-0.4, -0.2) is 13.6 Å². The SMILES string of the molecule is CCCC(CC)C1(C(CC)CNC)CCC1. The molecule has 0 spiro atoms. The van der Waals surface area contributed by atoms with Gasteiger partial charge in [-0.1, -0.05) is 52.9 Å². The summed E-state index contributed by atoms with van der Waals surface area (Å²) in [5, 5.41) is 3.41. The molecule has 1 rings (SSSR count). The molecule has 1 aliphatic rings. The molecule has 0 aromatic rings. The molecule has 1 N–H and O–H groups in total. The summed E-state index contributed by atoms with van der Waals surface area (Å²) in [7, 11) is 2.11. The van der Waals surface area contributed by atoms with Crippen LogP contribution in [0.5, 0.6) is 0 Å². The van der Waals surface area contributed by atoms with Gasteiger partial charge in [0.15, 0.2) is 0 Å². The van der Waals surface area contributed by atoms with Gasteiger partial charge in [-0.05, 0) is 43.7 Å². The largest absolute Gasteiger partial charge is 0.319 e. The number of nitrogens with one attached hydrogen (secondary N) is 1. The number of hydrogen-bond acceptors (Lipinski definition) is 1. The van der Waals surface area contributed by atoms with Crippen molar-refractivity contribution in [3.8, 4) is 0 Å². The van der Waals surface area contributed by atoms with Crippen LogP contribution in [0.4, 0.5) is 0 Å². The van der Waals surface area contributed by atoms with E-state index in [0.717, 1.165) is 11.8 Å². The maximum Gasteiger partial charge on any atom is -0.00182 e. The average Bonchev–Trinajstić information content (AvgIpc) is 2.24. The molecule has 0 aromatic carbocycles. The Balaban J connectivity index is 2.72. The lowest BCUT2D eigenvalue weighted by atomic mass is 9.52. The lowest BCUT2D eigenvalue weighted by Gasteiger charge is -2.53. The van der Waals surface area contributed by atoms with Gasteiger partial charge in [-0.3, -0.25) is 0 Å². The first-order valence-electron chi connectivity index (χ1n) is 7.39. The second kappa shape index (κ2) is 6.64. The topological polar surface area (TPSA) is 12.0 Å². The molecule has 1 nitrogen and oxygen atoms in total. The Bertz CT molecular complexity index is 168. The predicted molar refractivity (Wildman–Crippen MR) is 72.7 cm³/mol. The fourth-order valence-electron chi connectivity index (χ4n) is 3.98. The van der Waals surface area contributed by atoms with Crippen molar-refractivity contribution in [1.82, 2.24) is 5.32 Å². The molecule has 0 bridgehead atoms. The molecule has 1 heteroatoms. The van der Waals surface area contributed by atoms with Gasteiger partial charge in [0.2, 0.25) is 0 Å². The van der Waals surface area contributed by atoms with E-state index in [1.54, 1.807) is 0 Å². The smallest absolute Gasteiger partial charge is 0.00182 e. The summed E-state index contributed by atoms with van der Waals surface area (Å²) in [6.45, 7) is 8.33. The lowest BCUT2D eigenvalue weighted by Crippen LogP contribution is -2.47. The van der Waals surface area contributed by atoms with E-state index < -0.39 is 0 Å². The third kappa shape index (κ3) is 2.61. The highest BCUT2D eigenvalue weighted by Crippen LogP contribution is 2.55. The summed E-state index contributed by atoms with van der Waals surface area (Å²) in [5.41, 5.74) is 0.697. The number of rotatable bonds is 8. The Labute approximate surface area is 102 Å². The molecule has 1 fully saturated rings. The van der Waals surface area contributed by atoms with Crippen molar-refractivity contribution in [2.24, 2.45) is 17.3 Å². The minimum atomic E-state index is 0.697. The van der Waals surface area contributed by atoms with Crippen LogP contribution in [0.1, 0.15) is 65.7 Å². The van der Waals surface area contributed by atoms with Gasteiger partial charge < -0.3 is 5.32 Å². The maximum atomic E-state index is 3.41. The van der Waals surface area contributed by atoms with E-state index in [1.807, 2.05) is 0 Å². The fraction of sp³-hybridized carbons (Fsp3) is 1.00. The Morgan fingerprint density at radius 2 is 1.69 bits per heavy atom. The minimum absolute atomic E-state index is 0.697. The van der Waals surface area contributed by atoms with E-state index in [-0.39, 0.29) is 0 Å². The van der Waals surface area contributed by atoms with E-state index in [1.165, 1.54) is 51.5 Å². The lowest BCUT2D eigenvalue weighted by molar-refractivity contribution is -0.0258. The van der Waals surface area contributed by atoms with Crippen LogP contribution >= 0.6 is 0 Å². The van der Waals surface area contributed by atoms with E-state index in [2.05, 4.69) is 33.1 Å². The molecule has 16 heavy (non-hydrogen) atoms. The molecule has 0 aliphatic heterocycles. The van der Waals surface area contributed by atoms with Crippen molar-refractivity contribution in [2.45, 2.75) is 65.7 Å². The van der Waals surface area contributed by atoms with Crippen LogP contribution in [0, 0.1) is 17.3 Å². The highest BCUT2D eigenvalue weighted by Gasteiger charge is 2.47. The van der Waals surface area contributed by atoms with Gasteiger partial charge in [0, 0.05) is 0 Å². The van der Waals surface area contributed by atoms with Gasteiger partial charge in [0.1, 0.15) is 0 Å². The van der Waals surface area contributed by atoms with Crippen molar-refractivity contribution in [2.75, 3.05) is 13.6 Å². The molecular weight excluding hydrogens is 194 g/mol. The van der Waals surface area contributed by atoms with E-state index in [0.29, 0.717) is 5.41 Å². The Kier molecular flexibility index (Phi) is 5.82. The summed E-state index contributed by atoms with van der Waals surface area (Å²) in [5.74, 6) is 1.88. The standard InChI is InChI=1S/C15H31N/c1-5-9-13(6-2)15(10-8-11-15)14(7-3)12-16-4/h13-14,16H,5-12H2,1-4H3. The molecule has 0 heterocycles. The highest BCUT2D eigenvalue weighted by molar-refractivity contribution is 4.97. The molecule has 0 amide bonds.